The molecule has 98 valence electrons. The fraction of sp³-hybridized carbons (Fsp3) is 0.533. The molecule has 1 aromatic rings. The van der Waals surface area contributed by atoms with E-state index in [-0.39, 0.29) is 5.91 Å². The molecular weight excluding hydrogens is 246 g/mol. The van der Waals surface area contributed by atoms with E-state index in [1.54, 1.807) is 0 Å². The molecule has 1 atom stereocenters. The maximum Gasteiger partial charge on any atom is 0.254 e. The molecule has 1 aliphatic rings. The topological polar surface area (TPSA) is 20.3 Å². The SMILES string of the molecule is Cc1cccc(C(=O)N2CCC(CCCl)C2)c1C. The molecule has 2 nitrogen and oxygen atoms in total. The first-order valence-corrected chi connectivity index (χ1v) is 7.08. The molecule has 1 fully saturated rings. The molecule has 1 aromatic carbocycles. The normalized spacial score (nSPS) is 19.3. The summed E-state index contributed by atoms with van der Waals surface area (Å²) in [5.74, 6) is 1.45. The Morgan fingerprint density at radius 2 is 2.22 bits per heavy atom. The second kappa shape index (κ2) is 5.75. The van der Waals surface area contributed by atoms with Crippen LogP contribution in [0.1, 0.15) is 34.3 Å². The third-order valence-corrected chi connectivity index (χ3v) is 4.14. The molecule has 0 aliphatic carbocycles. The Labute approximate surface area is 114 Å². The molecule has 0 aromatic heterocycles. The zero-order chi connectivity index (χ0) is 13.1. The molecule has 0 spiro atoms. The molecule has 0 bridgehead atoms. The van der Waals surface area contributed by atoms with E-state index in [9.17, 15) is 4.79 Å². The summed E-state index contributed by atoms with van der Waals surface area (Å²) in [6.07, 6.45) is 2.10. The van der Waals surface area contributed by atoms with Crippen LogP contribution in [-0.2, 0) is 0 Å². The second-order valence-electron chi connectivity index (χ2n) is 5.13. The van der Waals surface area contributed by atoms with Gasteiger partial charge in [0.2, 0.25) is 0 Å². The number of amides is 1. The van der Waals surface area contributed by atoms with E-state index in [0.717, 1.165) is 37.1 Å². The number of carbonyl (C=O) groups is 1. The Balaban J connectivity index is 2.11. The van der Waals surface area contributed by atoms with E-state index < -0.39 is 0 Å². The zero-order valence-corrected chi connectivity index (χ0v) is 11.8. The molecule has 0 radical (unpaired) electrons. The average molecular weight is 266 g/mol. The third kappa shape index (κ3) is 2.69. The third-order valence-electron chi connectivity index (χ3n) is 3.93. The Bertz CT molecular complexity index is 444. The van der Waals surface area contributed by atoms with Crippen LogP contribution in [0.3, 0.4) is 0 Å². The van der Waals surface area contributed by atoms with Gasteiger partial charge in [0.1, 0.15) is 0 Å². The number of likely N-dealkylation sites (tertiary alicyclic amines) is 1. The minimum absolute atomic E-state index is 0.174. The van der Waals surface area contributed by atoms with Gasteiger partial charge < -0.3 is 4.90 Å². The van der Waals surface area contributed by atoms with Crippen LogP contribution in [0.25, 0.3) is 0 Å². The van der Waals surface area contributed by atoms with Crippen LogP contribution < -0.4 is 0 Å². The number of alkyl halides is 1. The molecule has 3 heteroatoms. The molecule has 18 heavy (non-hydrogen) atoms. The molecule has 1 heterocycles. The number of hydrogen-bond donors (Lipinski definition) is 0. The average Bonchev–Trinajstić information content (AvgIpc) is 2.81. The lowest BCUT2D eigenvalue weighted by atomic mass is 10.0. The van der Waals surface area contributed by atoms with Crippen LogP contribution in [0, 0.1) is 19.8 Å². The minimum Gasteiger partial charge on any atom is -0.338 e. The fourth-order valence-electron chi connectivity index (χ4n) is 2.56. The predicted octanol–water partition coefficient (Wildman–Crippen LogP) is 3.39. The smallest absolute Gasteiger partial charge is 0.254 e. The van der Waals surface area contributed by atoms with Crippen LogP contribution >= 0.6 is 11.6 Å². The molecule has 1 saturated heterocycles. The van der Waals surface area contributed by atoms with E-state index in [0.29, 0.717) is 11.8 Å². The van der Waals surface area contributed by atoms with Crippen LogP contribution in [-0.4, -0.2) is 29.8 Å². The van der Waals surface area contributed by atoms with Crippen LogP contribution in [0.5, 0.6) is 0 Å². The Hall–Kier alpha value is -1.02. The van der Waals surface area contributed by atoms with Gasteiger partial charge in [-0.2, -0.15) is 0 Å². The summed E-state index contributed by atoms with van der Waals surface area (Å²) in [5, 5.41) is 0. The van der Waals surface area contributed by atoms with E-state index in [1.165, 1.54) is 5.56 Å². The van der Waals surface area contributed by atoms with Gasteiger partial charge in [-0.25, -0.2) is 0 Å². The Morgan fingerprint density at radius 3 is 2.94 bits per heavy atom. The van der Waals surface area contributed by atoms with Gasteiger partial charge >= 0.3 is 0 Å². The fourth-order valence-corrected chi connectivity index (χ4v) is 2.87. The van der Waals surface area contributed by atoms with Crippen molar-refractivity contribution in [3.8, 4) is 0 Å². The van der Waals surface area contributed by atoms with Gasteiger partial charge in [0.15, 0.2) is 0 Å². The van der Waals surface area contributed by atoms with Crippen molar-refractivity contribution < 1.29 is 4.79 Å². The van der Waals surface area contributed by atoms with E-state index in [1.807, 2.05) is 36.9 Å². The summed E-state index contributed by atoms with van der Waals surface area (Å²) in [4.78, 5) is 14.4. The Kier molecular flexibility index (Phi) is 4.28. The lowest BCUT2D eigenvalue weighted by Gasteiger charge is -2.18. The number of aryl methyl sites for hydroxylation is 1. The van der Waals surface area contributed by atoms with Crippen molar-refractivity contribution in [2.45, 2.75) is 26.7 Å². The number of halogens is 1. The first kappa shape index (κ1) is 13.4. The van der Waals surface area contributed by atoms with E-state index in [2.05, 4.69) is 0 Å². The monoisotopic (exact) mass is 265 g/mol. The molecule has 1 unspecified atom stereocenters. The maximum atomic E-state index is 12.5. The highest BCUT2D eigenvalue weighted by Crippen LogP contribution is 2.23. The van der Waals surface area contributed by atoms with E-state index in [4.69, 9.17) is 11.6 Å². The standard InChI is InChI=1S/C15H20ClNO/c1-11-4-3-5-14(12(11)2)15(18)17-9-7-13(10-17)6-8-16/h3-5,13H,6-10H2,1-2H3. The molecule has 0 N–H and O–H groups in total. The predicted molar refractivity (Wildman–Crippen MR) is 75.3 cm³/mol. The van der Waals surface area contributed by atoms with Crippen LogP contribution in [0.2, 0.25) is 0 Å². The summed E-state index contributed by atoms with van der Waals surface area (Å²) in [6, 6.07) is 5.94. The highest BCUT2D eigenvalue weighted by Gasteiger charge is 2.27. The van der Waals surface area contributed by atoms with Gasteiger partial charge in [0.25, 0.3) is 5.91 Å². The van der Waals surface area contributed by atoms with Crippen molar-refractivity contribution in [2.24, 2.45) is 5.92 Å². The summed E-state index contributed by atoms with van der Waals surface area (Å²) in [7, 11) is 0. The van der Waals surface area contributed by atoms with E-state index >= 15 is 0 Å². The molecule has 1 amide bonds. The highest BCUT2D eigenvalue weighted by atomic mass is 35.5. The number of nitrogens with zero attached hydrogens (tertiary/aromatic N) is 1. The lowest BCUT2D eigenvalue weighted by molar-refractivity contribution is 0.0786. The van der Waals surface area contributed by atoms with Gasteiger partial charge in [0.05, 0.1) is 0 Å². The van der Waals surface area contributed by atoms with Crippen molar-refractivity contribution in [1.29, 1.82) is 0 Å². The molecule has 0 saturated carbocycles. The van der Waals surface area contributed by atoms with Gasteiger partial charge in [-0.15, -0.1) is 11.6 Å². The quantitative estimate of drug-likeness (QED) is 0.767. The van der Waals surface area contributed by atoms with Gasteiger partial charge in [0, 0.05) is 24.5 Å². The van der Waals surface area contributed by atoms with Gasteiger partial charge in [-0.1, -0.05) is 12.1 Å². The maximum absolute atomic E-state index is 12.5. The molecule has 2 rings (SSSR count). The molecule has 1 aliphatic heterocycles. The minimum atomic E-state index is 0.174. The summed E-state index contributed by atoms with van der Waals surface area (Å²) in [6.45, 7) is 5.80. The van der Waals surface area contributed by atoms with Crippen molar-refractivity contribution in [3.05, 3.63) is 34.9 Å². The molecular formula is C15H20ClNO. The summed E-state index contributed by atoms with van der Waals surface area (Å²) < 4.78 is 0. The number of carbonyl (C=O) groups excluding carboxylic acids is 1. The largest absolute Gasteiger partial charge is 0.338 e. The van der Waals surface area contributed by atoms with Crippen molar-refractivity contribution in [2.75, 3.05) is 19.0 Å². The summed E-state index contributed by atoms with van der Waals surface area (Å²) in [5.41, 5.74) is 3.13. The highest BCUT2D eigenvalue weighted by molar-refractivity contribution is 6.17. The first-order chi connectivity index (χ1) is 8.63. The van der Waals surface area contributed by atoms with Crippen molar-refractivity contribution >= 4 is 17.5 Å². The summed E-state index contributed by atoms with van der Waals surface area (Å²) >= 11 is 5.77. The Morgan fingerprint density at radius 1 is 1.44 bits per heavy atom. The second-order valence-corrected chi connectivity index (χ2v) is 5.51. The first-order valence-electron chi connectivity index (χ1n) is 6.55. The lowest BCUT2D eigenvalue weighted by Crippen LogP contribution is -2.29. The number of hydrogen-bond acceptors (Lipinski definition) is 1. The van der Waals surface area contributed by atoms with Gasteiger partial charge in [-0.3, -0.25) is 4.79 Å². The van der Waals surface area contributed by atoms with Crippen LogP contribution in [0.15, 0.2) is 18.2 Å². The van der Waals surface area contributed by atoms with Crippen molar-refractivity contribution in [1.82, 2.24) is 4.90 Å². The van der Waals surface area contributed by atoms with Gasteiger partial charge in [-0.05, 0) is 49.8 Å². The number of benzene rings is 1. The van der Waals surface area contributed by atoms with Crippen molar-refractivity contribution in [3.63, 3.8) is 0 Å². The number of rotatable bonds is 3. The van der Waals surface area contributed by atoms with Crippen LogP contribution in [0.4, 0.5) is 0 Å². The zero-order valence-electron chi connectivity index (χ0n) is 11.1.